The van der Waals surface area contributed by atoms with Crippen LogP contribution in [0, 0.1) is 5.92 Å². The maximum absolute atomic E-state index is 12.8. The molecular weight excluding hydrogens is 394 g/mol. The SMILES string of the molecule is CC(C)[C@@H](NC(=O)OCc1ccccc1)C(=O)N[C@@H](CCCc1ccccc1)C(N)=O. The van der Waals surface area contributed by atoms with Gasteiger partial charge >= 0.3 is 6.09 Å². The summed E-state index contributed by atoms with van der Waals surface area (Å²) >= 11 is 0. The molecule has 0 aliphatic heterocycles. The van der Waals surface area contributed by atoms with Crippen LogP contribution in [0.5, 0.6) is 0 Å². The third-order valence-corrected chi connectivity index (χ3v) is 4.90. The lowest BCUT2D eigenvalue weighted by Gasteiger charge is -2.24. The van der Waals surface area contributed by atoms with Crippen molar-refractivity contribution in [2.24, 2.45) is 11.7 Å². The van der Waals surface area contributed by atoms with Crippen LogP contribution in [0.2, 0.25) is 0 Å². The van der Waals surface area contributed by atoms with E-state index in [0.29, 0.717) is 12.8 Å². The first-order valence-corrected chi connectivity index (χ1v) is 10.5. The molecule has 0 fully saturated rings. The summed E-state index contributed by atoms with van der Waals surface area (Å²) in [4.78, 5) is 36.8. The van der Waals surface area contributed by atoms with Gasteiger partial charge < -0.3 is 21.1 Å². The van der Waals surface area contributed by atoms with Gasteiger partial charge in [0.05, 0.1) is 0 Å². The summed E-state index contributed by atoms with van der Waals surface area (Å²) in [6.07, 6.45) is 1.19. The van der Waals surface area contributed by atoms with E-state index < -0.39 is 30.0 Å². The number of alkyl carbamates (subject to hydrolysis) is 1. The molecule has 3 amide bonds. The average Bonchev–Trinajstić information content (AvgIpc) is 2.76. The van der Waals surface area contributed by atoms with Gasteiger partial charge in [-0.3, -0.25) is 9.59 Å². The van der Waals surface area contributed by atoms with Crippen LogP contribution in [0.1, 0.15) is 37.8 Å². The number of primary amides is 1. The highest BCUT2D eigenvalue weighted by Gasteiger charge is 2.28. The Bertz CT molecular complexity index is 840. The van der Waals surface area contributed by atoms with Gasteiger partial charge in [-0.2, -0.15) is 0 Å². The minimum Gasteiger partial charge on any atom is -0.445 e. The van der Waals surface area contributed by atoms with E-state index in [0.717, 1.165) is 17.5 Å². The Kier molecular flexibility index (Phi) is 9.55. The second-order valence-electron chi connectivity index (χ2n) is 7.77. The second kappa shape index (κ2) is 12.4. The summed E-state index contributed by atoms with van der Waals surface area (Å²) in [5, 5.41) is 5.27. The first kappa shape index (κ1) is 23.9. The summed E-state index contributed by atoms with van der Waals surface area (Å²) in [5.74, 6) is -1.27. The molecule has 166 valence electrons. The lowest BCUT2D eigenvalue weighted by atomic mass is 10.0. The van der Waals surface area contributed by atoms with Crippen molar-refractivity contribution >= 4 is 17.9 Å². The molecule has 31 heavy (non-hydrogen) atoms. The third-order valence-electron chi connectivity index (χ3n) is 4.90. The van der Waals surface area contributed by atoms with E-state index in [1.165, 1.54) is 0 Å². The van der Waals surface area contributed by atoms with Crippen molar-refractivity contribution in [2.45, 2.75) is 51.8 Å². The van der Waals surface area contributed by atoms with Gasteiger partial charge in [0.25, 0.3) is 0 Å². The molecule has 0 aliphatic carbocycles. The van der Waals surface area contributed by atoms with E-state index in [4.69, 9.17) is 10.5 Å². The number of hydrogen-bond acceptors (Lipinski definition) is 4. The predicted molar refractivity (Wildman–Crippen MR) is 119 cm³/mol. The second-order valence-corrected chi connectivity index (χ2v) is 7.77. The molecule has 0 aliphatic rings. The van der Waals surface area contributed by atoms with E-state index in [2.05, 4.69) is 10.6 Å². The molecule has 7 heteroatoms. The Morgan fingerprint density at radius 2 is 1.48 bits per heavy atom. The number of benzene rings is 2. The summed E-state index contributed by atoms with van der Waals surface area (Å²) in [6, 6.07) is 17.5. The number of aryl methyl sites for hydroxylation is 1. The highest BCUT2D eigenvalue weighted by Crippen LogP contribution is 2.09. The molecule has 0 unspecified atom stereocenters. The number of nitrogens with two attached hydrogens (primary N) is 1. The summed E-state index contributed by atoms with van der Waals surface area (Å²) in [6.45, 7) is 3.70. The number of rotatable bonds is 11. The quantitative estimate of drug-likeness (QED) is 0.514. The number of nitrogens with one attached hydrogen (secondary N) is 2. The van der Waals surface area contributed by atoms with Crippen LogP contribution in [-0.2, 0) is 27.4 Å². The molecular formula is C24H31N3O4. The molecule has 7 nitrogen and oxygen atoms in total. The van der Waals surface area contributed by atoms with Crippen molar-refractivity contribution < 1.29 is 19.1 Å². The summed E-state index contributed by atoms with van der Waals surface area (Å²) in [7, 11) is 0. The monoisotopic (exact) mass is 425 g/mol. The average molecular weight is 426 g/mol. The van der Waals surface area contributed by atoms with Gasteiger partial charge in [0.2, 0.25) is 11.8 Å². The molecule has 2 atom stereocenters. The van der Waals surface area contributed by atoms with E-state index in [1.807, 2.05) is 60.7 Å². The van der Waals surface area contributed by atoms with Gasteiger partial charge in [0.15, 0.2) is 0 Å². The van der Waals surface area contributed by atoms with Crippen molar-refractivity contribution in [2.75, 3.05) is 0 Å². The van der Waals surface area contributed by atoms with Crippen molar-refractivity contribution in [1.29, 1.82) is 0 Å². The fourth-order valence-electron chi connectivity index (χ4n) is 3.13. The topological polar surface area (TPSA) is 111 Å². The van der Waals surface area contributed by atoms with Gasteiger partial charge in [-0.05, 0) is 36.3 Å². The Morgan fingerprint density at radius 3 is 2.03 bits per heavy atom. The Morgan fingerprint density at radius 1 is 0.903 bits per heavy atom. The van der Waals surface area contributed by atoms with E-state index >= 15 is 0 Å². The molecule has 4 N–H and O–H groups in total. The maximum atomic E-state index is 12.8. The molecule has 2 rings (SSSR count). The van der Waals surface area contributed by atoms with Crippen LogP contribution in [0.4, 0.5) is 4.79 Å². The normalized spacial score (nSPS) is 12.6. The fourth-order valence-corrected chi connectivity index (χ4v) is 3.13. The Balaban J connectivity index is 1.87. The molecule has 0 spiro atoms. The Labute approximate surface area is 183 Å². The van der Waals surface area contributed by atoms with Crippen molar-refractivity contribution in [3.05, 3.63) is 71.8 Å². The predicted octanol–water partition coefficient (Wildman–Crippen LogP) is 2.93. The standard InChI is InChI=1S/C24H31N3O4/c1-17(2)21(27-24(30)31-16-19-12-7-4-8-13-19)23(29)26-20(22(25)28)15-9-14-18-10-5-3-6-11-18/h3-8,10-13,17,20-21H,9,14-16H2,1-2H3,(H2,25,28)(H,26,29)(H,27,30)/t20-,21+/m0/s1. The van der Waals surface area contributed by atoms with Crippen molar-refractivity contribution in [1.82, 2.24) is 10.6 Å². The lowest BCUT2D eigenvalue weighted by molar-refractivity contribution is -0.129. The third kappa shape index (κ3) is 8.50. The van der Waals surface area contributed by atoms with Gasteiger partial charge in [-0.15, -0.1) is 0 Å². The summed E-state index contributed by atoms with van der Waals surface area (Å²) in [5.41, 5.74) is 7.48. The zero-order valence-corrected chi connectivity index (χ0v) is 18.0. The van der Waals surface area contributed by atoms with Crippen molar-refractivity contribution in [3.8, 4) is 0 Å². The number of amides is 3. The molecule has 0 heterocycles. The minimum atomic E-state index is -0.848. The van der Waals surface area contributed by atoms with Gasteiger partial charge in [0.1, 0.15) is 18.7 Å². The molecule has 2 aromatic rings. The van der Waals surface area contributed by atoms with Crippen molar-refractivity contribution in [3.63, 3.8) is 0 Å². The fraction of sp³-hybridized carbons (Fsp3) is 0.375. The minimum absolute atomic E-state index is 0.0997. The first-order chi connectivity index (χ1) is 14.9. The van der Waals surface area contributed by atoms with Crippen LogP contribution >= 0.6 is 0 Å². The molecule has 0 radical (unpaired) electrons. The van der Waals surface area contributed by atoms with E-state index in [1.54, 1.807) is 13.8 Å². The highest BCUT2D eigenvalue weighted by molar-refractivity contribution is 5.90. The van der Waals surface area contributed by atoms with E-state index in [9.17, 15) is 14.4 Å². The van der Waals surface area contributed by atoms with Crippen LogP contribution in [0.3, 0.4) is 0 Å². The van der Waals surface area contributed by atoms with Crippen LogP contribution in [0.15, 0.2) is 60.7 Å². The first-order valence-electron chi connectivity index (χ1n) is 10.5. The molecule has 2 aromatic carbocycles. The zero-order chi connectivity index (χ0) is 22.6. The van der Waals surface area contributed by atoms with Crippen LogP contribution in [-0.4, -0.2) is 30.0 Å². The highest BCUT2D eigenvalue weighted by atomic mass is 16.5. The number of hydrogen-bond donors (Lipinski definition) is 3. The number of carbonyl (C=O) groups is 3. The van der Waals surface area contributed by atoms with Crippen LogP contribution < -0.4 is 16.4 Å². The van der Waals surface area contributed by atoms with E-state index in [-0.39, 0.29) is 12.5 Å². The molecule has 0 saturated heterocycles. The maximum Gasteiger partial charge on any atom is 0.408 e. The molecule has 0 aromatic heterocycles. The number of ether oxygens (including phenoxy) is 1. The zero-order valence-electron chi connectivity index (χ0n) is 18.0. The largest absolute Gasteiger partial charge is 0.445 e. The smallest absolute Gasteiger partial charge is 0.408 e. The molecule has 0 bridgehead atoms. The Hall–Kier alpha value is -3.35. The van der Waals surface area contributed by atoms with Crippen LogP contribution in [0.25, 0.3) is 0 Å². The molecule has 0 saturated carbocycles. The lowest BCUT2D eigenvalue weighted by Crippen LogP contribution is -2.54. The van der Waals surface area contributed by atoms with Gasteiger partial charge in [0, 0.05) is 0 Å². The van der Waals surface area contributed by atoms with Gasteiger partial charge in [-0.25, -0.2) is 4.79 Å². The van der Waals surface area contributed by atoms with Gasteiger partial charge in [-0.1, -0.05) is 74.5 Å². The number of carbonyl (C=O) groups excluding carboxylic acids is 3. The summed E-state index contributed by atoms with van der Waals surface area (Å²) < 4.78 is 5.20.